The van der Waals surface area contributed by atoms with Crippen molar-refractivity contribution in [1.82, 2.24) is 9.97 Å². The maximum Gasteiger partial charge on any atom is 0.135 e. The molecule has 0 aliphatic carbocycles. The molecule has 5 heteroatoms. The summed E-state index contributed by atoms with van der Waals surface area (Å²) >= 11 is 6.18. The van der Waals surface area contributed by atoms with Gasteiger partial charge in [-0.3, -0.25) is 0 Å². The Morgan fingerprint density at radius 2 is 1.86 bits per heavy atom. The van der Waals surface area contributed by atoms with Crippen molar-refractivity contribution in [3.63, 3.8) is 0 Å². The number of hydrogen-bond donors (Lipinski definition) is 2. The second kappa shape index (κ2) is 7.27. The van der Waals surface area contributed by atoms with Crippen molar-refractivity contribution in [3.8, 4) is 0 Å². The van der Waals surface area contributed by atoms with Gasteiger partial charge in [-0.1, -0.05) is 36.7 Å². The molecule has 0 aliphatic rings. The number of anilines is 2. The Morgan fingerprint density at radius 1 is 1.14 bits per heavy atom. The van der Waals surface area contributed by atoms with Gasteiger partial charge >= 0.3 is 0 Å². The van der Waals surface area contributed by atoms with E-state index in [9.17, 15) is 0 Å². The van der Waals surface area contributed by atoms with Crippen LogP contribution in [0.1, 0.15) is 30.3 Å². The van der Waals surface area contributed by atoms with Crippen LogP contribution < -0.4 is 10.6 Å². The Kier molecular flexibility index (Phi) is 5.39. The van der Waals surface area contributed by atoms with Crippen molar-refractivity contribution in [2.24, 2.45) is 0 Å². The van der Waals surface area contributed by atoms with Gasteiger partial charge in [-0.15, -0.1) is 0 Å². The summed E-state index contributed by atoms with van der Waals surface area (Å²) in [5.74, 6) is 2.59. The summed E-state index contributed by atoms with van der Waals surface area (Å²) in [5.41, 5.74) is 2.07. The topological polar surface area (TPSA) is 49.8 Å². The van der Waals surface area contributed by atoms with Gasteiger partial charge in [0.25, 0.3) is 0 Å². The maximum absolute atomic E-state index is 6.18. The summed E-state index contributed by atoms with van der Waals surface area (Å²) in [6.45, 7) is 4.78. The lowest BCUT2D eigenvalue weighted by molar-refractivity contribution is 0.831. The molecule has 0 aliphatic heterocycles. The second-order valence-corrected chi connectivity index (χ2v) is 5.31. The van der Waals surface area contributed by atoms with Crippen molar-refractivity contribution in [2.45, 2.75) is 33.2 Å². The molecule has 0 saturated carbocycles. The lowest BCUT2D eigenvalue weighted by Gasteiger charge is -2.14. The molecule has 0 unspecified atom stereocenters. The van der Waals surface area contributed by atoms with Crippen LogP contribution in [0.5, 0.6) is 0 Å². The molecule has 4 nitrogen and oxygen atoms in total. The van der Waals surface area contributed by atoms with Gasteiger partial charge in [0.2, 0.25) is 0 Å². The normalized spacial score (nSPS) is 10.5. The summed E-state index contributed by atoms with van der Waals surface area (Å²) in [5, 5.41) is 7.26. The second-order valence-electron chi connectivity index (χ2n) is 4.91. The number of nitrogens with one attached hydrogen (secondary N) is 2. The van der Waals surface area contributed by atoms with Crippen LogP contribution in [0.4, 0.5) is 11.6 Å². The van der Waals surface area contributed by atoms with E-state index < -0.39 is 0 Å². The number of aryl methyl sites for hydroxylation is 1. The number of aromatic nitrogens is 2. The number of halogens is 1. The van der Waals surface area contributed by atoms with Crippen molar-refractivity contribution in [2.75, 3.05) is 17.7 Å². The number of benzene rings is 1. The molecule has 1 aromatic heterocycles. The summed E-state index contributed by atoms with van der Waals surface area (Å²) in [6.07, 6.45) is 1.89. The Morgan fingerprint density at radius 3 is 2.52 bits per heavy atom. The number of hydrogen-bond acceptors (Lipinski definition) is 4. The van der Waals surface area contributed by atoms with Crippen LogP contribution in [-0.4, -0.2) is 17.0 Å². The number of rotatable bonds is 6. The molecule has 0 saturated heterocycles. The van der Waals surface area contributed by atoms with Crippen LogP contribution >= 0.6 is 11.6 Å². The molecule has 2 N–H and O–H groups in total. The molecular weight excluding hydrogens is 284 g/mol. The van der Waals surface area contributed by atoms with E-state index in [0.717, 1.165) is 46.5 Å². The zero-order valence-electron chi connectivity index (χ0n) is 12.7. The van der Waals surface area contributed by atoms with Gasteiger partial charge in [0.1, 0.15) is 17.5 Å². The predicted octanol–water partition coefficient (Wildman–Crippen LogP) is 4.04. The minimum absolute atomic E-state index is 0.645. The fraction of sp³-hybridized carbons (Fsp3) is 0.375. The molecule has 1 aromatic carbocycles. The van der Waals surface area contributed by atoms with Gasteiger partial charge in [0.15, 0.2) is 0 Å². The first-order valence-corrected chi connectivity index (χ1v) is 7.56. The SMILES string of the molecule is CCCc1nc(NC)c(C)c(NCc2ccccc2Cl)n1. The summed E-state index contributed by atoms with van der Waals surface area (Å²) in [4.78, 5) is 9.14. The first kappa shape index (κ1) is 15.6. The Labute approximate surface area is 131 Å². The summed E-state index contributed by atoms with van der Waals surface area (Å²) < 4.78 is 0. The Balaban J connectivity index is 2.22. The zero-order valence-corrected chi connectivity index (χ0v) is 13.5. The highest BCUT2D eigenvalue weighted by molar-refractivity contribution is 6.31. The van der Waals surface area contributed by atoms with Crippen molar-refractivity contribution in [3.05, 3.63) is 46.2 Å². The molecule has 0 bridgehead atoms. The third kappa shape index (κ3) is 3.85. The van der Waals surface area contributed by atoms with E-state index in [4.69, 9.17) is 11.6 Å². The molecule has 0 atom stereocenters. The minimum Gasteiger partial charge on any atom is -0.373 e. The molecule has 2 aromatic rings. The monoisotopic (exact) mass is 304 g/mol. The van der Waals surface area contributed by atoms with Gasteiger partial charge in [-0.05, 0) is 25.0 Å². The highest BCUT2D eigenvalue weighted by Gasteiger charge is 2.10. The van der Waals surface area contributed by atoms with E-state index in [1.165, 1.54) is 0 Å². The molecule has 112 valence electrons. The first-order valence-electron chi connectivity index (χ1n) is 7.18. The van der Waals surface area contributed by atoms with Crippen LogP contribution in [0.25, 0.3) is 0 Å². The number of nitrogens with zero attached hydrogens (tertiary/aromatic N) is 2. The molecular formula is C16H21ClN4. The minimum atomic E-state index is 0.645. The molecule has 21 heavy (non-hydrogen) atoms. The van der Waals surface area contributed by atoms with E-state index >= 15 is 0 Å². The highest BCUT2D eigenvalue weighted by Crippen LogP contribution is 2.22. The predicted molar refractivity (Wildman–Crippen MR) is 89.1 cm³/mol. The maximum atomic E-state index is 6.18. The van der Waals surface area contributed by atoms with Gasteiger partial charge < -0.3 is 10.6 Å². The van der Waals surface area contributed by atoms with E-state index in [0.29, 0.717) is 6.54 Å². The van der Waals surface area contributed by atoms with Crippen molar-refractivity contribution in [1.29, 1.82) is 0 Å². The van der Waals surface area contributed by atoms with E-state index in [1.807, 2.05) is 38.2 Å². The average Bonchev–Trinajstić information content (AvgIpc) is 2.49. The Hall–Kier alpha value is -1.81. The van der Waals surface area contributed by atoms with Gasteiger partial charge in [-0.2, -0.15) is 0 Å². The van der Waals surface area contributed by atoms with Gasteiger partial charge in [0.05, 0.1) is 0 Å². The Bertz CT molecular complexity index is 613. The van der Waals surface area contributed by atoms with Crippen LogP contribution in [-0.2, 0) is 13.0 Å². The molecule has 2 rings (SSSR count). The molecule has 0 fully saturated rings. The van der Waals surface area contributed by atoms with Crippen molar-refractivity contribution >= 4 is 23.2 Å². The summed E-state index contributed by atoms with van der Waals surface area (Å²) in [6, 6.07) is 7.82. The average molecular weight is 305 g/mol. The van der Waals surface area contributed by atoms with Gasteiger partial charge in [0, 0.05) is 30.6 Å². The van der Waals surface area contributed by atoms with Crippen molar-refractivity contribution < 1.29 is 0 Å². The summed E-state index contributed by atoms with van der Waals surface area (Å²) in [7, 11) is 1.88. The molecule has 0 amide bonds. The van der Waals surface area contributed by atoms with Crippen LogP contribution in [0.15, 0.2) is 24.3 Å². The van der Waals surface area contributed by atoms with Crippen LogP contribution in [0, 0.1) is 6.92 Å². The fourth-order valence-electron chi connectivity index (χ4n) is 2.13. The first-order chi connectivity index (χ1) is 10.2. The van der Waals surface area contributed by atoms with Gasteiger partial charge in [-0.25, -0.2) is 9.97 Å². The molecule has 0 spiro atoms. The largest absolute Gasteiger partial charge is 0.373 e. The van der Waals surface area contributed by atoms with E-state index in [2.05, 4.69) is 27.5 Å². The van der Waals surface area contributed by atoms with E-state index in [1.54, 1.807) is 0 Å². The zero-order chi connectivity index (χ0) is 15.2. The molecule has 0 radical (unpaired) electrons. The quantitative estimate of drug-likeness (QED) is 0.845. The lowest BCUT2D eigenvalue weighted by Crippen LogP contribution is -2.10. The smallest absolute Gasteiger partial charge is 0.135 e. The highest BCUT2D eigenvalue weighted by atomic mass is 35.5. The van der Waals surface area contributed by atoms with Crippen LogP contribution in [0.2, 0.25) is 5.02 Å². The molecule has 1 heterocycles. The lowest BCUT2D eigenvalue weighted by atomic mass is 10.2. The standard InChI is InChI=1S/C16H21ClN4/c1-4-7-14-20-15(18-3)11(2)16(21-14)19-10-12-8-5-6-9-13(12)17/h5-6,8-9H,4,7,10H2,1-3H3,(H2,18,19,20,21). The third-order valence-electron chi connectivity index (χ3n) is 3.31. The fourth-order valence-corrected chi connectivity index (χ4v) is 2.34. The van der Waals surface area contributed by atoms with Crippen LogP contribution in [0.3, 0.4) is 0 Å². The third-order valence-corrected chi connectivity index (χ3v) is 3.68. The van der Waals surface area contributed by atoms with E-state index in [-0.39, 0.29) is 0 Å².